The second-order valence-corrected chi connectivity index (χ2v) is 4.36. The number of oxime groups is 1. The van der Waals surface area contributed by atoms with E-state index in [9.17, 15) is 0 Å². The lowest BCUT2D eigenvalue weighted by Crippen LogP contribution is -2.21. The van der Waals surface area contributed by atoms with Gasteiger partial charge in [-0.3, -0.25) is 0 Å². The van der Waals surface area contributed by atoms with Gasteiger partial charge in [-0.15, -0.1) is 0 Å². The number of amidine groups is 1. The Bertz CT molecular complexity index is 365. The quantitative estimate of drug-likeness (QED) is 0.241. The van der Waals surface area contributed by atoms with Crippen LogP contribution in [0, 0.1) is 0 Å². The van der Waals surface area contributed by atoms with Crippen LogP contribution in [0.4, 0.5) is 0 Å². The number of nitrogens with two attached hydrogens (primary N) is 1. The monoisotopic (exact) mass is 255 g/mol. The Kier molecular flexibility index (Phi) is 5.80. The van der Waals surface area contributed by atoms with E-state index < -0.39 is 0 Å². The highest BCUT2D eigenvalue weighted by Gasteiger charge is 2.04. The maximum absolute atomic E-state index is 8.38. The fraction of sp³-hybridized carbons (Fsp3) is 0.417. The molecule has 0 aliphatic rings. The van der Waals surface area contributed by atoms with Crippen LogP contribution < -0.4 is 11.1 Å². The third-order valence-electron chi connectivity index (χ3n) is 2.56. The molecule has 1 aromatic carbocycles. The van der Waals surface area contributed by atoms with Gasteiger partial charge >= 0.3 is 0 Å². The van der Waals surface area contributed by atoms with Gasteiger partial charge in [0.05, 0.1) is 0 Å². The molecular weight excluding hydrogens is 238 g/mol. The zero-order valence-electron chi connectivity index (χ0n) is 9.86. The molecule has 0 fully saturated rings. The predicted octanol–water partition coefficient (Wildman–Crippen LogP) is 2.52. The minimum atomic E-state index is 0.263. The molecule has 0 heterocycles. The summed E-state index contributed by atoms with van der Waals surface area (Å²) >= 11 is 5.82. The smallest absolute Gasteiger partial charge is 0.139 e. The summed E-state index contributed by atoms with van der Waals surface area (Å²) in [6.45, 7) is 2.91. The summed E-state index contributed by atoms with van der Waals surface area (Å²) in [6, 6.07) is 8.03. The highest BCUT2D eigenvalue weighted by Crippen LogP contribution is 2.15. The Morgan fingerprint density at radius 1 is 1.47 bits per heavy atom. The van der Waals surface area contributed by atoms with E-state index in [1.54, 1.807) is 0 Å². The number of hydrogen-bond donors (Lipinski definition) is 3. The van der Waals surface area contributed by atoms with E-state index in [4.69, 9.17) is 22.5 Å². The molecule has 0 bridgehead atoms. The van der Waals surface area contributed by atoms with Gasteiger partial charge in [0.25, 0.3) is 0 Å². The average molecular weight is 256 g/mol. The Hall–Kier alpha value is -1.26. The summed E-state index contributed by atoms with van der Waals surface area (Å²) in [7, 11) is 0. The first kappa shape index (κ1) is 13.8. The van der Waals surface area contributed by atoms with Crippen LogP contribution in [-0.4, -0.2) is 17.6 Å². The zero-order valence-corrected chi connectivity index (χ0v) is 10.6. The number of rotatable bonds is 6. The normalized spacial score (nSPS) is 13.6. The SMILES string of the molecule is CC(NCCCC(N)=NO)c1ccc(Cl)cc1. The standard InChI is InChI=1S/C12H18ClN3O/c1-9(10-4-6-11(13)7-5-10)15-8-2-3-12(14)16-17/h4-7,9,15,17H,2-3,8H2,1H3,(H2,14,16). The highest BCUT2D eigenvalue weighted by atomic mass is 35.5. The van der Waals surface area contributed by atoms with Crippen molar-refractivity contribution in [2.24, 2.45) is 10.9 Å². The average Bonchev–Trinajstić information content (AvgIpc) is 2.34. The van der Waals surface area contributed by atoms with E-state index in [-0.39, 0.29) is 11.9 Å². The van der Waals surface area contributed by atoms with Crippen molar-refractivity contribution >= 4 is 17.4 Å². The topological polar surface area (TPSA) is 70.6 Å². The summed E-state index contributed by atoms with van der Waals surface area (Å²) in [4.78, 5) is 0. The molecule has 0 aliphatic heterocycles. The van der Waals surface area contributed by atoms with Crippen LogP contribution in [0.2, 0.25) is 5.02 Å². The van der Waals surface area contributed by atoms with Crippen LogP contribution in [0.5, 0.6) is 0 Å². The van der Waals surface area contributed by atoms with E-state index >= 15 is 0 Å². The molecule has 0 aromatic heterocycles. The minimum Gasteiger partial charge on any atom is -0.409 e. The summed E-state index contributed by atoms with van der Waals surface area (Å²) < 4.78 is 0. The molecule has 1 aromatic rings. The van der Waals surface area contributed by atoms with Gasteiger partial charge in [-0.25, -0.2) is 0 Å². The second-order valence-electron chi connectivity index (χ2n) is 3.92. The molecule has 94 valence electrons. The van der Waals surface area contributed by atoms with Crippen LogP contribution in [-0.2, 0) is 0 Å². The molecule has 5 heteroatoms. The predicted molar refractivity (Wildman–Crippen MR) is 70.5 cm³/mol. The molecule has 0 radical (unpaired) electrons. The molecule has 4 nitrogen and oxygen atoms in total. The molecule has 4 N–H and O–H groups in total. The minimum absolute atomic E-state index is 0.263. The van der Waals surface area contributed by atoms with Gasteiger partial charge in [-0.05, 0) is 37.6 Å². The van der Waals surface area contributed by atoms with E-state index in [2.05, 4.69) is 17.4 Å². The van der Waals surface area contributed by atoms with Gasteiger partial charge in [0, 0.05) is 17.5 Å². The van der Waals surface area contributed by atoms with Crippen molar-refractivity contribution in [1.29, 1.82) is 0 Å². The Labute approximate surface area is 106 Å². The highest BCUT2D eigenvalue weighted by molar-refractivity contribution is 6.30. The molecular formula is C12H18ClN3O. The first-order valence-electron chi connectivity index (χ1n) is 5.58. The summed E-state index contributed by atoms with van der Waals surface area (Å²) in [5.74, 6) is 0.269. The first-order valence-corrected chi connectivity index (χ1v) is 5.96. The molecule has 0 aliphatic carbocycles. The number of nitrogens with zero attached hydrogens (tertiary/aromatic N) is 1. The summed E-state index contributed by atoms with van der Waals surface area (Å²) in [6.07, 6.45) is 1.44. The number of hydrogen-bond acceptors (Lipinski definition) is 3. The molecule has 1 atom stereocenters. The van der Waals surface area contributed by atoms with Crippen molar-refractivity contribution in [2.45, 2.75) is 25.8 Å². The Morgan fingerprint density at radius 3 is 2.71 bits per heavy atom. The van der Waals surface area contributed by atoms with Crippen LogP contribution >= 0.6 is 11.6 Å². The third-order valence-corrected chi connectivity index (χ3v) is 2.81. The number of halogens is 1. The van der Waals surface area contributed by atoms with E-state index in [1.165, 1.54) is 5.56 Å². The van der Waals surface area contributed by atoms with Gasteiger partial charge in [0.2, 0.25) is 0 Å². The van der Waals surface area contributed by atoms with Gasteiger partial charge in [0.1, 0.15) is 5.84 Å². The maximum atomic E-state index is 8.38. The molecule has 0 amide bonds. The van der Waals surface area contributed by atoms with Crippen molar-refractivity contribution in [3.05, 3.63) is 34.9 Å². The van der Waals surface area contributed by atoms with Crippen LogP contribution in [0.15, 0.2) is 29.4 Å². The number of nitrogens with one attached hydrogen (secondary N) is 1. The van der Waals surface area contributed by atoms with Gasteiger partial charge in [0.15, 0.2) is 0 Å². The largest absolute Gasteiger partial charge is 0.409 e. The van der Waals surface area contributed by atoms with Gasteiger partial charge in [-0.2, -0.15) is 0 Å². The van der Waals surface area contributed by atoms with Crippen molar-refractivity contribution in [3.63, 3.8) is 0 Å². The molecule has 0 spiro atoms. The fourth-order valence-electron chi connectivity index (χ4n) is 1.51. The van der Waals surface area contributed by atoms with E-state index in [1.807, 2.05) is 24.3 Å². The molecule has 1 rings (SSSR count). The first-order chi connectivity index (χ1) is 8.13. The Balaban J connectivity index is 2.30. The summed E-state index contributed by atoms with van der Waals surface area (Å²) in [5.41, 5.74) is 6.57. The van der Waals surface area contributed by atoms with Crippen molar-refractivity contribution in [3.8, 4) is 0 Å². The molecule has 0 saturated heterocycles. The van der Waals surface area contributed by atoms with Gasteiger partial charge < -0.3 is 16.3 Å². The lowest BCUT2D eigenvalue weighted by Gasteiger charge is -2.14. The third kappa shape index (κ3) is 5.06. The van der Waals surface area contributed by atoms with Crippen LogP contribution in [0.25, 0.3) is 0 Å². The van der Waals surface area contributed by atoms with Gasteiger partial charge in [-0.1, -0.05) is 28.9 Å². The van der Waals surface area contributed by atoms with E-state index in [0.717, 1.165) is 18.0 Å². The van der Waals surface area contributed by atoms with E-state index in [0.29, 0.717) is 6.42 Å². The van der Waals surface area contributed by atoms with Crippen molar-refractivity contribution < 1.29 is 5.21 Å². The van der Waals surface area contributed by atoms with Crippen LogP contribution in [0.3, 0.4) is 0 Å². The maximum Gasteiger partial charge on any atom is 0.139 e. The number of benzene rings is 1. The molecule has 0 saturated carbocycles. The second kappa shape index (κ2) is 7.14. The summed E-state index contributed by atoms with van der Waals surface area (Å²) in [5, 5.41) is 15.4. The van der Waals surface area contributed by atoms with Crippen LogP contribution in [0.1, 0.15) is 31.4 Å². The molecule has 17 heavy (non-hydrogen) atoms. The Morgan fingerprint density at radius 2 is 2.12 bits per heavy atom. The van der Waals surface area contributed by atoms with Crippen molar-refractivity contribution in [1.82, 2.24) is 5.32 Å². The fourth-order valence-corrected chi connectivity index (χ4v) is 1.63. The zero-order chi connectivity index (χ0) is 12.7. The molecule has 1 unspecified atom stereocenters. The van der Waals surface area contributed by atoms with Crippen molar-refractivity contribution in [2.75, 3.05) is 6.54 Å². The lowest BCUT2D eigenvalue weighted by atomic mass is 10.1. The lowest BCUT2D eigenvalue weighted by molar-refractivity contribution is 0.316.